The predicted molar refractivity (Wildman–Crippen MR) is 137 cm³/mol. The summed E-state index contributed by atoms with van der Waals surface area (Å²) in [7, 11) is 0. The molecule has 1 unspecified atom stereocenters. The van der Waals surface area contributed by atoms with Crippen molar-refractivity contribution < 1.29 is 14.3 Å². The second-order valence-electron chi connectivity index (χ2n) is 8.04. The number of benzene rings is 3. The Kier molecular flexibility index (Phi) is 7.67. The number of nitrogens with one attached hydrogen (secondary N) is 3. The molecule has 1 saturated heterocycles. The summed E-state index contributed by atoms with van der Waals surface area (Å²) in [5.74, 6) is -0.357. The molecule has 3 aromatic rings. The number of hydrogen-bond acceptors (Lipinski definition) is 5. The predicted octanol–water partition coefficient (Wildman–Crippen LogP) is 4.87. The highest BCUT2D eigenvalue weighted by molar-refractivity contribution is 6.30. The van der Waals surface area contributed by atoms with E-state index in [9.17, 15) is 9.59 Å². The topological polar surface area (TPSA) is 82.7 Å². The largest absolute Gasteiger partial charge is 0.378 e. The van der Waals surface area contributed by atoms with Crippen LogP contribution in [0, 0.1) is 0 Å². The number of ether oxygens (including phenoxy) is 1. The molecule has 176 valence electrons. The van der Waals surface area contributed by atoms with Crippen LogP contribution < -0.4 is 20.9 Å². The fourth-order valence-electron chi connectivity index (χ4n) is 3.60. The molecule has 3 aromatic carbocycles. The first kappa shape index (κ1) is 23.6. The third kappa shape index (κ3) is 6.27. The second-order valence-corrected chi connectivity index (χ2v) is 8.48. The summed E-state index contributed by atoms with van der Waals surface area (Å²) < 4.78 is 5.39. The molecule has 2 amide bonds. The highest BCUT2D eigenvalue weighted by Crippen LogP contribution is 2.20. The van der Waals surface area contributed by atoms with Gasteiger partial charge in [-0.3, -0.25) is 9.59 Å². The SMILES string of the molecule is CC(Nc1ccc(NC(=O)c2ccc(Cl)cc2)cc1)C(=O)Nc1ccc(N2CCOCC2)cc1. The van der Waals surface area contributed by atoms with Crippen molar-refractivity contribution in [2.45, 2.75) is 13.0 Å². The molecule has 1 atom stereocenters. The van der Waals surface area contributed by atoms with Gasteiger partial charge >= 0.3 is 0 Å². The summed E-state index contributed by atoms with van der Waals surface area (Å²) in [5.41, 5.74) is 3.82. The minimum absolute atomic E-state index is 0.140. The number of carbonyl (C=O) groups is 2. The van der Waals surface area contributed by atoms with Crippen molar-refractivity contribution in [2.75, 3.05) is 47.2 Å². The fraction of sp³-hybridized carbons (Fsp3) is 0.231. The van der Waals surface area contributed by atoms with E-state index >= 15 is 0 Å². The molecule has 0 aromatic heterocycles. The number of anilines is 4. The molecule has 34 heavy (non-hydrogen) atoms. The molecular weight excluding hydrogens is 452 g/mol. The van der Waals surface area contributed by atoms with Gasteiger partial charge in [-0.2, -0.15) is 0 Å². The van der Waals surface area contributed by atoms with Crippen LogP contribution in [0.5, 0.6) is 0 Å². The van der Waals surface area contributed by atoms with Gasteiger partial charge in [-0.05, 0) is 79.7 Å². The van der Waals surface area contributed by atoms with Gasteiger partial charge in [0.2, 0.25) is 5.91 Å². The lowest BCUT2D eigenvalue weighted by Crippen LogP contribution is -2.36. The van der Waals surface area contributed by atoms with Crippen molar-refractivity contribution in [3.63, 3.8) is 0 Å². The standard InChI is InChI=1S/C26H27ClN4O3/c1-18(25(32)29-23-10-12-24(13-11-23)31-14-16-34-17-15-31)28-21-6-8-22(9-7-21)30-26(33)19-2-4-20(27)5-3-19/h2-13,18,28H,14-17H2,1H3,(H,29,32)(H,30,33). The summed E-state index contributed by atoms with van der Waals surface area (Å²) in [6.45, 7) is 5.01. The molecule has 0 spiro atoms. The first-order valence-corrected chi connectivity index (χ1v) is 11.5. The van der Waals surface area contributed by atoms with Gasteiger partial charge in [-0.15, -0.1) is 0 Å². The van der Waals surface area contributed by atoms with Crippen molar-refractivity contribution >= 4 is 46.2 Å². The van der Waals surface area contributed by atoms with Gasteiger partial charge in [0.15, 0.2) is 0 Å². The number of carbonyl (C=O) groups excluding carboxylic acids is 2. The molecule has 0 bridgehead atoms. The van der Waals surface area contributed by atoms with Crippen molar-refractivity contribution in [1.82, 2.24) is 0 Å². The quantitative estimate of drug-likeness (QED) is 0.451. The lowest BCUT2D eigenvalue weighted by Gasteiger charge is -2.29. The number of rotatable bonds is 7. The average Bonchev–Trinajstić information content (AvgIpc) is 2.86. The van der Waals surface area contributed by atoms with Crippen molar-refractivity contribution in [1.29, 1.82) is 0 Å². The van der Waals surface area contributed by atoms with Gasteiger partial charge in [-0.1, -0.05) is 11.6 Å². The third-order valence-corrected chi connectivity index (χ3v) is 5.79. The van der Waals surface area contributed by atoms with Gasteiger partial charge in [-0.25, -0.2) is 0 Å². The summed E-state index contributed by atoms with van der Waals surface area (Å²) in [4.78, 5) is 27.2. The summed E-state index contributed by atoms with van der Waals surface area (Å²) in [5, 5.41) is 9.54. The number of amides is 2. The van der Waals surface area contributed by atoms with Crippen LogP contribution in [0.3, 0.4) is 0 Å². The van der Waals surface area contributed by atoms with Gasteiger partial charge in [0.1, 0.15) is 6.04 Å². The number of nitrogens with zero attached hydrogens (tertiary/aromatic N) is 1. The molecule has 0 aliphatic carbocycles. The van der Waals surface area contributed by atoms with Crippen LogP contribution in [-0.2, 0) is 9.53 Å². The monoisotopic (exact) mass is 478 g/mol. The maximum Gasteiger partial charge on any atom is 0.255 e. The highest BCUT2D eigenvalue weighted by atomic mass is 35.5. The van der Waals surface area contributed by atoms with E-state index in [-0.39, 0.29) is 11.8 Å². The number of halogens is 1. The van der Waals surface area contributed by atoms with E-state index < -0.39 is 6.04 Å². The van der Waals surface area contributed by atoms with E-state index in [1.165, 1.54) is 0 Å². The molecule has 1 aliphatic rings. The van der Waals surface area contributed by atoms with Crippen LogP contribution in [0.25, 0.3) is 0 Å². The Morgan fingerprint density at radius 1 is 0.824 bits per heavy atom. The van der Waals surface area contributed by atoms with Crippen LogP contribution in [-0.4, -0.2) is 44.2 Å². The maximum atomic E-state index is 12.6. The van der Waals surface area contributed by atoms with Crippen molar-refractivity contribution in [3.05, 3.63) is 83.4 Å². The van der Waals surface area contributed by atoms with Crippen LogP contribution in [0.4, 0.5) is 22.7 Å². The molecule has 1 aliphatic heterocycles. The molecule has 0 radical (unpaired) electrons. The zero-order valence-corrected chi connectivity index (χ0v) is 19.6. The zero-order chi connectivity index (χ0) is 23.9. The van der Waals surface area contributed by atoms with E-state index in [0.717, 1.165) is 43.4 Å². The fourth-order valence-corrected chi connectivity index (χ4v) is 3.72. The molecular formula is C26H27ClN4O3. The minimum Gasteiger partial charge on any atom is -0.378 e. The Morgan fingerprint density at radius 3 is 2.03 bits per heavy atom. The molecule has 4 rings (SSSR count). The Labute approximate surface area is 204 Å². The smallest absolute Gasteiger partial charge is 0.255 e. The Bertz CT molecular complexity index is 1110. The van der Waals surface area contributed by atoms with E-state index in [0.29, 0.717) is 16.3 Å². The van der Waals surface area contributed by atoms with Crippen LogP contribution in [0.1, 0.15) is 17.3 Å². The van der Waals surface area contributed by atoms with E-state index in [4.69, 9.17) is 16.3 Å². The van der Waals surface area contributed by atoms with E-state index in [1.807, 2.05) is 36.4 Å². The van der Waals surface area contributed by atoms with Crippen LogP contribution >= 0.6 is 11.6 Å². The van der Waals surface area contributed by atoms with Gasteiger partial charge in [0.05, 0.1) is 13.2 Å². The van der Waals surface area contributed by atoms with Crippen LogP contribution in [0.15, 0.2) is 72.8 Å². The Hall–Kier alpha value is -3.55. The number of hydrogen-bond donors (Lipinski definition) is 3. The summed E-state index contributed by atoms with van der Waals surface area (Å²) in [6, 6.07) is 21.3. The van der Waals surface area contributed by atoms with Crippen molar-refractivity contribution in [2.24, 2.45) is 0 Å². The van der Waals surface area contributed by atoms with Gasteiger partial charge in [0, 0.05) is 46.4 Å². The second kappa shape index (κ2) is 11.0. The van der Waals surface area contributed by atoms with Crippen LogP contribution in [0.2, 0.25) is 5.02 Å². The molecule has 1 heterocycles. The normalized spacial score (nSPS) is 14.2. The molecule has 7 nitrogen and oxygen atoms in total. The van der Waals surface area contributed by atoms with E-state index in [2.05, 4.69) is 20.9 Å². The number of morpholine rings is 1. The van der Waals surface area contributed by atoms with Crippen molar-refractivity contribution in [3.8, 4) is 0 Å². The molecule has 3 N–H and O–H groups in total. The maximum absolute atomic E-state index is 12.6. The first-order valence-electron chi connectivity index (χ1n) is 11.1. The third-order valence-electron chi connectivity index (χ3n) is 5.54. The summed E-state index contributed by atoms with van der Waals surface area (Å²) in [6.07, 6.45) is 0. The molecule has 0 saturated carbocycles. The molecule has 8 heteroatoms. The average molecular weight is 479 g/mol. The summed E-state index contributed by atoms with van der Waals surface area (Å²) >= 11 is 5.87. The minimum atomic E-state index is -0.451. The molecule has 1 fully saturated rings. The lowest BCUT2D eigenvalue weighted by atomic mass is 10.2. The van der Waals surface area contributed by atoms with E-state index in [1.54, 1.807) is 43.3 Å². The Balaban J connectivity index is 1.28. The Morgan fingerprint density at radius 2 is 1.38 bits per heavy atom. The van der Waals surface area contributed by atoms with Gasteiger partial charge in [0.25, 0.3) is 5.91 Å². The van der Waals surface area contributed by atoms with Gasteiger partial charge < -0.3 is 25.6 Å². The highest BCUT2D eigenvalue weighted by Gasteiger charge is 2.15. The lowest BCUT2D eigenvalue weighted by molar-refractivity contribution is -0.116. The first-order chi connectivity index (χ1) is 16.5. The zero-order valence-electron chi connectivity index (χ0n) is 18.9.